The van der Waals surface area contributed by atoms with Crippen LogP contribution in [0.2, 0.25) is 0 Å². The van der Waals surface area contributed by atoms with Crippen LogP contribution in [0.4, 0.5) is 5.69 Å². The van der Waals surface area contributed by atoms with Crippen molar-refractivity contribution >= 4 is 21.7 Å². The van der Waals surface area contributed by atoms with E-state index < -0.39 is 22.1 Å². The van der Waals surface area contributed by atoms with Crippen LogP contribution in [0.15, 0.2) is 42.7 Å². The zero-order chi connectivity index (χ0) is 22.4. The standard InChI is InChI=1S/C21H27N3O6S/c1-3-29-21(26)14-30-18-6-7-19-16(10-18)9-17(13-24(19)31(2,27)28)23-12-20(25)15-5-4-8-22-11-15/h4-8,10-11,17,20,23,25H,3,9,12-14H2,1-2H3/t17?,20-/m0/s1. The number of nitrogens with one attached hydrogen (secondary N) is 1. The molecule has 0 fully saturated rings. The monoisotopic (exact) mass is 449 g/mol. The third-order valence-corrected chi connectivity index (χ3v) is 6.05. The maximum atomic E-state index is 12.4. The summed E-state index contributed by atoms with van der Waals surface area (Å²) in [6, 6.07) is 8.37. The summed E-state index contributed by atoms with van der Waals surface area (Å²) in [4.78, 5) is 15.5. The summed E-state index contributed by atoms with van der Waals surface area (Å²) < 4.78 is 36.4. The lowest BCUT2D eigenvalue weighted by atomic mass is 9.99. The van der Waals surface area contributed by atoms with Gasteiger partial charge in [-0.1, -0.05) is 6.07 Å². The molecule has 0 saturated heterocycles. The molecule has 1 aliphatic rings. The molecule has 2 heterocycles. The van der Waals surface area contributed by atoms with Gasteiger partial charge in [0.2, 0.25) is 10.0 Å². The zero-order valence-corrected chi connectivity index (χ0v) is 18.3. The topological polar surface area (TPSA) is 118 Å². The van der Waals surface area contributed by atoms with Crippen LogP contribution in [0.3, 0.4) is 0 Å². The van der Waals surface area contributed by atoms with Gasteiger partial charge in [0.1, 0.15) is 5.75 Å². The normalized spacial score (nSPS) is 17.0. The third-order valence-electron chi connectivity index (χ3n) is 4.90. The van der Waals surface area contributed by atoms with Crippen molar-refractivity contribution in [3.8, 4) is 5.75 Å². The number of hydrogen-bond acceptors (Lipinski definition) is 8. The molecule has 2 aromatic rings. The summed E-state index contributed by atoms with van der Waals surface area (Å²) in [5.74, 6) is -0.0155. The van der Waals surface area contributed by atoms with E-state index in [1.54, 1.807) is 49.6 Å². The predicted molar refractivity (Wildman–Crippen MR) is 115 cm³/mol. The highest BCUT2D eigenvalue weighted by atomic mass is 32.2. The van der Waals surface area contributed by atoms with Crippen molar-refractivity contribution in [1.29, 1.82) is 0 Å². The number of carbonyl (C=O) groups excluding carboxylic acids is 1. The van der Waals surface area contributed by atoms with E-state index >= 15 is 0 Å². The van der Waals surface area contributed by atoms with Crippen LogP contribution in [0, 0.1) is 0 Å². The summed E-state index contributed by atoms with van der Waals surface area (Å²) in [7, 11) is -3.50. The van der Waals surface area contributed by atoms with Crippen molar-refractivity contribution in [3.63, 3.8) is 0 Å². The van der Waals surface area contributed by atoms with Crippen molar-refractivity contribution in [3.05, 3.63) is 53.9 Å². The van der Waals surface area contributed by atoms with Crippen molar-refractivity contribution in [1.82, 2.24) is 10.3 Å². The molecule has 1 aliphatic heterocycles. The molecule has 168 valence electrons. The lowest BCUT2D eigenvalue weighted by Gasteiger charge is -2.35. The summed E-state index contributed by atoms with van der Waals surface area (Å²) in [6.45, 7) is 2.27. The third kappa shape index (κ3) is 6.16. The molecule has 3 rings (SSSR count). The zero-order valence-electron chi connectivity index (χ0n) is 17.5. The van der Waals surface area contributed by atoms with E-state index in [2.05, 4.69) is 10.3 Å². The summed E-state index contributed by atoms with van der Waals surface area (Å²) >= 11 is 0. The molecule has 0 radical (unpaired) electrons. The highest BCUT2D eigenvalue weighted by molar-refractivity contribution is 7.92. The maximum Gasteiger partial charge on any atom is 0.344 e. The average molecular weight is 450 g/mol. The van der Waals surface area contributed by atoms with E-state index in [4.69, 9.17) is 9.47 Å². The number of fused-ring (bicyclic) bond motifs is 1. The molecule has 10 heteroatoms. The van der Waals surface area contributed by atoms with E-state index in [-0.39, 0.29) is 32.3 Å². The minimum Gasteiger partial charge on any atom is -0.482 e. The van der Waals surface area contributed by atoms with Crippen LogP contribution in [-0.2, 0) is 26.0 Å². The Kier molecular flexibility index (Phi) is 7.47. The first-order chi connectivity index (χ1) is 14.8. The van der Waals surface area contributed by atoms with E-state index in [1.807, 2.05) is 0 Å². The Morgan fingerprint density at radius 1 is 1.39 bits per heavy atom. The maximum absolute atomic E-state index is 12.4. The Labute approximate surface area is 182 Å². The second-order valence-electron chi connectivity index (χ2n) is 7.29. The molecule has 1 unspecified atom stereocenters. The minimum atomic E-state index is -3.50. The summed E-state index contributed by atoms with van der Waals surface area (Å²) in [5, 5.41) is 13.6. The minimum absolute atomic E-state index is 0.214. The van der Waals surface area contributed by atoms with Gasteiger partial charge in [-0.2, -0.15) is 0 Å². The van der Waals surface area contributed by atoms with Gasteiger partial charge in [0.05, 0.1) is 24.7 Å². The van der Waals surface area contributed by atoms with Crippen LogP contribution in [-0.4, -0.2) is 63.1 Å². The predicted octanol–water partition coefficient (Wildman–Crippen LogP) is 1.04. The molecular formula is C21H27N3O6S. The molecule has 9 nitrogen and oxygen atoms in total. The van der Waals surface area contributed by atoms with Crippen LogP contribution >= 0.6 is 0 Å². The van der Waals surface area contributed by atoms with Crippen molar-refractivity contribution in [2.45, 2.75) is 25.5 Å². The second kappa shape index (κ2) is 10.1. The van der Waals surface area contributed by atoms with Gasteiger partial charge in [-0.25, -0.2) is 13.2 Å². The Morgan fingerprint density at radius 2 is 2.19 bits per heavy atom. The Bertz CT molecular complexity index is 999. The molecule has 2 N–H and O–H groups in total. The fourth-order valence-electron chi connectivity index (χ4n) is 3.45. The highest BCUT2D eigenvalue weighted by Gasteiger charge is 2.30. The molecule has 0 bridgehead atoms. The fourth-order valence-corrected chi connectivity index (χ4v) is 4.44. The molecule has 0 amide bonds. The van der Waals surface area contributed by atoms with Crippen LogP contribution < -0.4 is 14.4 Å². The SMILES string of the molecule is CCOC(=O)COc1ccc2c(c1)CC(NC[C@H](O)c1cccnc1)CN2S(C)(=O)=O. The summed E-state index contributed by atoms with van der Waals surface area (Å²) in [6.07, 6.45) is 4.17. The number of sulfonamides is 1. The number of nitrogens with zero attached hydrogens (tertiary/aromatic N) is 2. The first kappa shape index (κ1) is 23.0. The number of carbonyl (C=O) groups is 1. The van der Waals surface area contributed by atoms with Gasteiger partial charge in [-0.15, -0.1) is 0 Å². The number of anilines is 1. The molecule has 1 aromatic carbocycles. The molecule has 2 atom stereocenters. The van der Waals surface area contributed by atoms with Gasteiger partial charge in [0, 0.05) is 37.1 Å². The fraction of sp³-hybridized carbons (Fsp3) is 0.429. The quantitative estimate of drug-likeness (QED) is 0.545. The van der Waals surface area contributed by atoms with E-state index in [1.165, 1.54) is 4.31 Å². The van der Waals surface area contributed by atoms with Crippen molar-refractivity contribution in [2.24, 2.45) is 0 Å². The number of aliphatic hydroxyl groups is 1. The highest BCUT2D eigenvalue weighted by Crippen LogP contribution is 2.32. The number of aliphatic hydroxyl groups excluding tert-OH is 1. The lowest BCUT2D eigenvalue weighted by Crippen LogP contribution is -2.49. The number of rotatable bonds is 9. The van der Waals surface area contributed by atoms with E-state index in [0.29, 0.717) is 23.4 Å². The summed E-state index contributed by atoms with van der Waals surface area (Å²) in [5.41, 5.74) is 2.03. The van der Waals surface area contributed by atoms with Gasteiger partial charge < -0.3 is 19.9 Å². The number of aromatic nitrogens is 1. The van der Waals surface area contributed by atoms with Gasteiger partial charge >= 0.3 is 5.97 Å². The van der Waals surface area contributed by atoms with Gasteiger partial charge in [0.25, 0.3) is 0 Å². The molecule has 0 saturated carbocycles. The van der Waals surface area contributed by atoms with Gasteiger partial charge in [-0.3, -0.25) is 9.29 Å². The first-order valence-corrected chi connectivity index (χ1v) is 11.8. The average Bonchev–Trinajstić information content (AvgIpc) is 2.75. The molecule has 31 heavy (non-hydrogen) atoms. The molecule has 1 aromatic heterocycles. The van der Waals surface area contributed by atoms with Crippen LogP contribution in [0.25, 0.3) is 0 Å². The number of ether oxygens (including phenoxy) is 2. The largest absolute Gasteiger partial charge is 0.482 e. The smallest absolute Gasteiger partial charge is 0.344 e. The van der Waals surface area contributed by atoms with E-state index in [9.17, 15) is 18.3 Å². The lowest BCUT2D eigenvalue weighted by molar-refractivity contribution is -0.145. The van der Waals surface area contributed by atoms with Gasteiger partial charge in [-0.05, 0) is 43.2 Å². The van der Waals surface area contributed by atoms with Crippen LogP contribution in [0.5, 0.6) is 5.75 Å². The number of pyridine rings is 1. The molecule has 0 spiro atoms. The number of hydrogen-bond donors (Lipinski definition) is 2. The van der Waals surface area contributed by atoms with E-state index in [0.717, 1.165) is 11.8 Å². The van der Waals surface area contributed by atoms with Crippen LogP contribution in [0.1, 0.15) is 24.2 Å². The number of benzene rings is 1. The number of esters is 1. The van der Waals surface area contributed by atoms with Gasteiger partial charge in [0.15, 0.2) is 6.61 Å². The second-order valence-corrected chi connectivity index (χ2v) is 9.20. The molecular weight excluding hydrogens is 422 g/mol. The van der Waals surface area contributed by atoms with Crippen molar-refractivity contribution in [2.75, 3.05) is 36.9 Å². The Balaban J connectivity index is 1.73. The molecule has 0 aliphatic carbocycles. The Hall–Kier alpha value is -2.69. The Morgan fingerprint density at radius 3 is 2.87 bits per heavy atom. The first-order valence-electron chi connectivity index (χ1n) is 9.98. The van der Waals surface area contributed by atoms with Crippen molar-refractivity contribution < 1.29 is 27.8 Å².